The molecule has 2 nitrogen and oxygen atoms in total. The Kier molecular flexibility index (Phi) is 3.84. The van der Waals surface area contributed by atoms with Gasteiger partial charge in [-0.25, -0.2) is 0 Å². The SMILES string of the molecule is COc1cc(CBr)cc(OC(F)(F)F)c1. The Hall–Kier alpha value is -0.910. The lowest BCUT2D eigenvalue weighted by Crippen LogP contribution is -2.17. The van der Waals surface area contributed by atoms with Crippen LogP contribution in [0.1, 0.15) is 5.56 Å². The van der Waals surface area contributed by atoms with Gasteiger partial charge in [0.25, 0.3) is 0 Å². The molecule has 0 bridgehead atoms. The number of methoxy groups -OCH3 is 1. The maximum absolute atomic E-state index is 11.9. The quantitative estimate of drug-likeness (QED) is 0.791. The molecule has 0 atom stereocenters. The summed E-state index contributed by atoms with van der Waals surface area (Å²) in [6.07, 6.45) is -4.68. The van der Waals surface area contributed by atoms with Crippen LogP contribution in [0.15, 0.2) is 18.2 Å². The molecule has 0 aliphatic carbocycles. The van der Waals surface area contributed by atoms with Gasteiger partial charge in [0.15, 0.2) is 0 Å². The largest absolute Gasteiger partial charge is 0.573 e. The van der Waals surface area contributed by atoms with Gasteiger partial charge in [0, 0.05) is 11.4 Å². The van der Waals surface area contributed by atoms with E-state index in [-0.39, 0.29) is 5.75 Å². The van der Waals surface area contributed by atoms with Gasteiger partial charge >= 0.3 is 6.36 Å². The summed E-state index contributed by atoms with van der Waals surface area (Å²) in [5.74, 6) is 0.0440. The number of rotatable bonds is 3. The molecule has 84 valence electrons. The number of hydrogen-bond acceptors (Lipinski definition) is 2. The first-order chi connectivity index (χ1) is 6.94. The van der Waals surface area contributed by atoms with E-state index in [0.29, 0.717) is 16.6 Å². The van der Waals surface area contributed by atoms with Gasteiger partial charge in [-0.3, -0.25) is 0 Å². The average Bonchev–Trinajstić information content (AvgIpc) is 2.14. The maximum atomic E-state index is 11.9. The zero-order chi connectivity index (χ0) is 11.5. The second kappa shape index (κ2) is 4.74. The van der Waals surface area contributed by atoms with Crippen molar-refractivity contribution in [3.8, 4) is 11.5 Å². The smallest absolute Gasteiger partial charge is 0.497 e. The standard InChI is InChI=1S/C9H8BrF3O2/c1-14-7-2-6(5-10)3-8(4-7)15-9(11,12)13/h2-4H,5H2,1H3. The third kappa shape index (κ3) is 3.99. The van der Waals surface area contributed by atoms with Gasteiger partial charge in [-0.2, -0.15) is 0 Å². The second-order valence-corrected chi connectivity index (χ2v) is 3.26. The predicted molar refractivity (Wildman–Crippen MR) is 52.3 cm³/mol. The normalized spacial score (nSPS) is 11.3. The van der Waals surface area contributed by atoms with Gasteiger partial charge in [-0.1, -0.05) is 15.9 Å². The molecular formula is C9H8BrF3O2. The summed E-state index contributed by atoms with van der Waals surface area (Å²) in [6, 6.07) is 4.10. The van der Waals surface area contributed by atoms with Crippen LogP contribution in [-0.4, -0.2) is 13.5 Å². The van der Waals surface area contributed by atoms with E-state index < -0.39 is 6.36 Å². The Morgan fingerprint density at radius 1 is 1.20 bits per heavy atom. The van der Waals surface area contributed by atoms with E-state index in [4.69, 9.17) is 4.74 Å². The zero-order valence-corrected chi connectivity index (χ0v) is 9.35. The van der Waals surface area contributed by atoms with Gasteiger partial charge in [0.2, 0.25) is 0 Å². The molecule has 0 saturated heterocycles. The van der Waals surface area contributed by atoms with Crippen molar-refractivity contribution < 1.29 is 22.6 Å². The van der Waals surface area contributed by atoms with Crippen molar-refractivity contribution >= 4 is 15.9 Å². The fourth-order valence-corrected chi connectivity index (χ4v) is 1.34. The number of hydrogen-bond donors (Lipinski definition) is 0. The van der Waals surface area contributed by atoms with E-state index in [1.807, 2.05) is 0 Å². The van der Waals surface area contributed by atoms with Gasteiger partial charge in [-0.05, 0) is 17.7 Å². The zero-order valence-electron chi connectivity index (χ0n) is 7.77. The van der Waals surface area contributed by atoms with Crippen molar-refractivity contribution in [2.45, 2.75) is 11.7 Å². The Morgan fingerprint density at radius 3 is 2.27 bits per heavy atom. The third-order valence-corrected chi connectivity index (χ3v) is 2.21. The van der Waals surface area contributed by atoms with Crippen LogP contribution < -0.4 is 9.47 Å². The van der Waals surface area contributed by atoms with Crippen LogP contribution in [0.3, 0.4) is 0 Å². The molecular weight excluding hydrogens is 277 g/mol. The molecule has 1 rings (SSSR count). The summed E-state index contributed by atoms with van der Waals surface area (Å²) in [7, 11) is 1.38. The third-order valence-electron chi connectivity index (χ3n) is 1.56. The Bertz CT molecular complexity index is 316. The molecule has 0 aliphatic heterocycles. The number of alkyl halides is 4. The minimum absolute atomic E-state index is 0.281. The summed E-state index contributed by atoms with van der Waals surface area (Å²) in [6.45, 7) is 0. The van der Waals surface area contributed by atoms with Gasteiger partial charge in [0.1, 0.15) is 11.5 Å². The van der Waals surface area contributed by atoms with Crippen LogP contribution in [0.4, 0.5) is 13.2 Å². The molecule has 0 spiro atoms. The van der Waals surface area contributed by atoms with Gasteiger partial charge in [-0.15, -0.1) is 13.2 Å². The first-order valence-electron chi connectivity index (χ1n) is 3.94. The molecule has 6 heteroatoms. The van der Waals surface area contributed by atoms with Crippen molar-refractivity contribution in [2.24, 2.45) is 0 Å². The molecule has 0 heterocycles. The van der Waals surface area contributed by atoms with E-state index in [0.717, 1.165) is 0 Å². The van der Waals surface area contributed by atoms with E-state index >= 15 is 0 Å². The summed E-state index contributed by atoms with van der Waals surface area (Å²) in [5, 5.41) is 0.429. The molecule has 0 aliphatic rings. The molecule has 0 fully saturated rings. The summed E-state index contributed by atoms with van der Waals surface area (Å²) < 4.78 is 44.4. The number of benzene rings is 1. The summed E-state index contributed by atoms with van der Waals surface area (Å²) in [4.78, 5) is 0. The van der Waals surface area contributed by atoms with Crippen molar-refractivity contribution in [1.29, 1.82) is 0 Å². The molecule has 0 N–H and O–H groups in total. The van der Waals surface area contributed by atoms with Crippen LogP contribution in [0.5, 0.6) is 11.5 Å². The number of ether oxygens (including phenoxy) is 2. The van der Waals surface area contributed by atoms with Crippen LogP contribution in [0.25, 0.3) is 0 Å². The molecule has 0 aromatic heterocycles. The van der Waals surface area contributed by atoms with Gasteiger partial charge in [0.05, 0.1) is 7.11 Å². The van der Waals surface area contributed by atoms with Crippen molar-refractivity contribution in [3.63, 3.8) is 0 Å². The second-order valence-electron chi connectivity index (χ2n) is 2.70. The molecule has 0 unspecified atom stereocenters. The Balaban J connectivity index is 2.97. The van der Waals surface area contributed by atoms with Crippen molar-refractivity contribution in [2.75, 3.05) is 7.11 Å². The van der Waals surface area contributed by atoms with E-state index in [1.54, 1.807) is 6.07 Å². The fraction of sp³-hybridized carbons (Fsp3) is 0.333. The van der Waals surface area contributed by atoms with Crippen LogP contribution in [0.2, 0.25) is 0 Å². The van der Waals surface area contributed by atoms with Crippen LogP contribution in [0, 0.1) is 0 Å². The Labute approximate surface area is 93.1 Å². The molecule has 0 amide bonds. The summed E-state index contributed by atoms with van der Waals surface area (Å²) in [5.41, 5.74) is 0.647. The van der Waals surface area contributed by atoms with E-state index in [9.17, 15) is 13.2 Å². The first-order valence-corrected chi connectivity index (χ1v) is 5.06. The molecule has 15 heavy (non-hydrogen) atoms. The highest BCUT2D eigenvalue weighted by Crippen LogP contribution is 2.28. The highest BCUT2D eigenvalue weighted by molar-refractivity contribution is 9.08. The van der Waals surface area contributed by atoms with E-state index in [2.05, 4.69) is 20.7 Å². The monoisotopic (exact) mass is 284 g/mol. The molecule has 0 radical (unpaired) electrons. The average molecular weight is 285 g/mol. The first kappa shape index (κ1) is 12.2. The highest BCUT2D eigenvalue weighted by Gasteiger charge is 2.31. The maximum Gasteiger partial charge on any atom is 0.573 e. The topological polar surface area (TPSA) is 18.5 Å². The van der Waals surface area contributed by atoms with E-state index in [1.165, 1.54) is 19.2 Å². The molecule has 1 aromatic carbocycles. The van der Waals surface area contributed by atoms with Crippen LogP contribution >= 0.6 is 15.9 Å². The number of halogens is 4. The lowest BCUT2D eigenvalue weighted by Gasteiger charge is -2.11. The minimum atomic E-state index is -4.68. The fourth-order valence-electron chi connectivity index (χ4n) is 1.02. The van der Waals surface area contributed by atoms with Gasteiger partial charge < -0.3 is 9.47 Å². The van der Waals surface area contributed by atoms with Crippen LogP contribution in [-0.2, 0) is 5.33 Å². The predicted octanol–water partition coefficient (Wildman–Crippen LogP) is 3.49. The molecule has 1 aromatic rings. The lowest BCUT2D eigenvalue weighted by molar-refractivity contribution is -0.274. The lowest BCUT2D eigenvalue weighted by atomic mass is 10.2. The van der Waals surface area contributed by atoms with Crippen molar-refractivity contribution in [3.05, 3.63) is 23.8 Å². The summed E-state index contributed by atoms with van der Waals surface area (Å²) >= 11 is 3.14. The minimum Gasteiger partial charge on any atom is -0.497 e. The molecule has 0 saturated carbocycles. The van der Waals surface area contributed by atoms with Crippen molar-refractivity contribution in [1.82, 2.24) is 0 Å². The Morgan fingerprint density at radius 2 is 1.80 bits per heavy atom. The highest BCUT2D eigenvalue weighted by atomic mass is 79.9.